The highest BCUT2D eigenvalue weighted by atomic mass is 32.2. The van der Waals surface area contributed by atoms with Crippen molar-refractivity contribution in [2.24, 2.45) is 0 Å². The van der Waals surface area contributed by atoms with Crippen LogP contribution in [0.4, 0.5) is 0 Å². The normalized spacial score (nSPS) is 15.4. The highest BCUT2D eigenvalue weighted by Gasteiger charge is 2.22. The number of hydrogen-bond acceptors (Lipinski definition) is 5. The first kappa shape index (κ1) is 18.4. The number of hydrogen-bond donors (Lipinski definition) is 3. The Balaban J connectivity index is 1.80. The van der Waals surface area contributed by atoms with E-state index < -0.39 is 21.0 Å². The van der Waals surface area contributed by atoms with Crippen molar-refractivity contribution in [3.8, 4) is 0 Å². The summed E-state index contributed by atoms with van der Waals surface area (Å²) in [5, 5.41) is 2.87. The standard InChI is InChI=1S/C17H21N3O5S/c1-10-8-12-13(20-17(23)16(22)19-12)9-14(10)26(24,25)7-6-15(21)18-11-4-2-3-5-11/h8-9,11H,2-7H2,1H3,(H,18,21)(H,19,22)(H,20,23). The Bertz CT molecular complexity index is 1060. The zero-order valence-electron chi connectivity index (χ0n) is 14.4. The van der Waals surface area contributed by atoms with Crippen molar-refractivity contribution in [2.75, 3.05) is 5.75 Å². The van der Waals surface area contributed by atoms with Crippen LogP contribution in [-0.2, 0) is 14.6 Å². The Labute approximate surface area is 149 Å². The summed E-state index contributed by atoms with van der Waals surface area (Å²) in [5.74, 6) is -0.581. The third-order valence-corrected chi connectivity index (χ3v) is 6.52. The van der Waals surface area contributed by atoms with Gasteiger partial charge in [-0.15, -0.1) is 0 Å². The number of amides is 1. The molecule has 140 valence electrons. The molecule has 26 heavy (non-hydrogen) atoms. The Morgan fingerprint density at radius 1 is 1.12 bits per heavy atom. The van der Waals surface area contributed by atoms with Crippen molar-refractivity contribution in [1.29, 1.82) is 0 Å². The van der Waals surface area contributed by atoms with Crippen molar-refractivity contribution in [3.05, 3.63) is 38.4 Å². The lowest BCUT2D eigenvalue weighted by Crippen LogP contribution is -2.33. The van der Waals surface area contributed by atoms with E-state index in [9.17, 15) is 22.8 Å². The van der Waals surface area contributed by atoms with Crippen LogP contribution in [0.15, 0.2) is 26.6 Å². The summed E-state index contributed by atoms with van der Waals surface area (Å²) in [4.78, 5) is 39.7. The molecule has 1 aliphatic carbocycles. The summed E-state index contributed by atoms with van der Waals surface area (Å²) >= 11 is 0. The largest absolute Gasteiger partial charge is 0.353 e. The van der Waals surface area contributed by atoms with Crippen LogP contribution >= 0.6 is 0 Å². The number of carbonyl (C=O) groups excluding carboxylic acids is 1. The number of fused-ring (bicyclic) bond motifs is 1. The van der Waals surface area contributed by atoms with Gasteiger partial charge >= 0.3 is 11.1 Å². The maximum Gasteiger partial charge on any atom is 0.314 e. The van der Waals surface area contributed by atoms with Gasteiger partial charge in [0.2, 0.25) is 5.91 Å². The molecule has 1 fully saturated rings. The van der Waals surface area contributed by atoms with Crippen molar-refractivity contribution >= 4 is 26.8 Å². The van der Waals surface area contributed by atoms with E-state index >= 15 is 0 Å². The van der Waals surface area contributed by atoms with Crippen molar-refractivity contribution in [3.63, 3.8) is 0 Å². The fourth-order valence-corrected chi connectivity index (χ4v) is 4.82. The lowest BCUT2D eigenvalue weighted by molar-refractivity contribution is -0.121. The van der Waals surface area contributed by atoms with Gasteiger partial charge in [0.05, 0.1) is 21.7 Å². The third kappa shape index (κ3) is 3.87. The van der Waals surface area contributed by atoms with E-state index in [1.54, 1.807) is 6.92 Å². The molecule has 1 aromatic heterocycles. The summed E-state index contributed by atoms with van der Waals surface area (Å²) in [5.41, 5.74) is -0.618. The van der Waals surface area contributed by atoms with Gasteiger partial charge in [0.1, 0.15) is 0 Å². The maximum absolute atomic E-state index is 12.6. The van der Waals surface area contributed by atoms with Gasteiger partial charge in [-0.2, -0.15) is 0 Å². The number of benzene rings is 1. The fourth-order valence-electron chi connectivity index (χ4n) is 3.30. The Kier molecular flexibility index (Phi) is 4.99. The van der Waals surface area contributed by atoms with E-state index in [1.807, 2.05) is 0 Å². The predicted octanol–water partition coefficient (Wildman–Crippen LogP) is 0.747. The number of nitrogens with one attached hydrogen (secondary N) is 3. The molecule has 3 rings (SSSR count). The SMILES string of the molecule is Cc1cc2[nH]c(=O)c(=O)[nH]c2cc1S(=O)(=O)CCC(=O)NC1CCCC1. The first-order chi connectivity index (χ1) is 12.3. The quantitative estimate of drug-likeness (QED) is 0.660. The molecular weight excluding hydrogens is 358 g/mol. The number of rotatable bonds is 5. The zero-order valence-corrected chi connectivity index (χ0v) is 15.2. The molecule has 0 atom stereocenters. The monoisotopic (exact) mass is 379 g/mol. The molecule has 1 aromatic carbocycles. The van der Waals surface area contributed by atoms with Crippen molar-refractivity contribution in [1.82, 2.24) is 15.3 Å². The highest BCUT2D eigenvalue weighted by molar-refractivity contribution is 7.91. The Morgan fingerprint density at radius 3 is 2.31 bits per heavy atom. The second-order valence-corrected chi connectivity index (χ2v) is 8.77. The maximum atomic E-state index is 12.6. The number of carbonyl (C=O) groups is 1. The summed E-state index contributed by atoms with van der Waals surface area (Å²) in [7, 11) is -3.71. The molecule has 0 unspecified atom stereocenters. The molecule has 1 heterocycles. The van der Waals surface area contributed by atoms with Crippen LogP contribution in [-0.4, -0.2) is 36.1 Å². The molecule has 2 aromatic rings. The molecule has 0 spiro atoms. The molecule has 0 radical (unpaired) electrons. The Hall–Kier alpha value is -2.42. The molecule has 8 nitrogen and oxygen atoms in total. The van der Waals surface area contributed by atoms with Crippen molar-refractivity contribution in [2.45, 2.75) is 50.0 Å². The van der Waals surface area contributed by atoms with Gasteiger partial charge in [-0.3, -0.25) is 14.4 Å². The predicted molar refractivity (Wildman–Crippen MR) is 97.0 cm³/mol. The first-order valence-electron chi connectivity index (χ1n) is 8.55. The average molecular weight is 379 g/mol. The number of H-pyrrole nitrogens is 2. The van der Waals surface area contributed by atoms with Gasteiger partial charge in [-0.05, 0) is 37.5 Å². The molecule has 1 saturated carbocycles. The molecule has 3 N–H and O–H groups in total. The van der Waals surface area contributed by atoms with Gasteiger partial charge < -0.3 is 15.3 Å². The summed E-state index contributed by atoms with van der Waals surface area (Å²) in [6.45, 7) is 1.61. The third-order valence-electron chi connectivity index (χ3n) is 4.67. The molecule has 0 saturated heterocycles. The summed E-state index contributed by atoms with van der Waals surface area (Å²) < 4.78 is 25.3. The van der Waals surface area contributed by atoms with E-state index in [4.69, 9.17) is 0 Å². The molecular formula is C17H21N3O5S. The molecule has 0 bridgehead atoms. The van der Waals surface area contributed by atoms with Crippen LogP contribution in [0.3, 0.4) is 0 Å². The topological polar surface area (TPSA) is 129 Å². The summed E-state index contributed by atoms with van der Waals surface area (Å²) in [6.07, 6.45) is 3.93. The second kappa shape index (κ2) is 7.06. The number of aromatic amines is 2. The van der Waals surface area contributed by atoms with Gasteiger partial charge in [0, 0.05) is 12.5 Å². The van der Waals surface area contributed by atoms with Gasteiger partial charge in [-0.25, -0.2) is 8.42 Å². The van der Waals surface area contributed by atoms with E-state index in [-0.39, 0.29) is 34.5 Å². The average Bonchev–Trinajstić information content (AvgIpc) is 3.07. The lowest BCUT2D eigenvalue weighted by Gasteiger charge is -2.13. The first-order valence-corrected chi connectivity index (χ1v) is 10.2. The molecule has 1 amide bonds. The van der Waals surface area contributed by atoms with Crippen LogP contribution in [0.2, 0.25) is 0 Å². The van der Waals surface area contributed by atoms with E-state index in [0.717, 1.165) is 25.7 Å². The van der Waals surface area contributed by atoms with Crippen LogP contribution in [0, 0.1) is 6.92 Å². The fraction of sp³-hybridized carbons (Fsp3) is 0.471. The molecule has 1 aliphatic rings. The van der Waals surface area contributed by atoms with E-state index in [1.165, 1.54) is 12.1 Å². The number of aromatic nitrogens is 2. The second-order valence-electron chi connectivity index (χ2n) is 6.69. The Morgan fingerprint density at radius 2 is 1.69 bits per heavy atom. The van der Waals surface area contributed by atoms with Crippen LogP contribution < -0.4 is 16.4 Å². The minimum absolute atomic E-state index is 0.0429. The number of sulfone groups is 1. The molecule has 0 aliphatic heterocycles. The van der Waals surface area contributed by atoms with Gasteiger partial charge in [0.25, 0.3) is 0 Å². The summed E-state index contributed by atoms with van der Waals surface area (Å²) in [6, 6.07) is 2.97. The minimum Gasteiger partial charge on any atom is -0.353 e. The van der Waals surface area contributed by atoms with Gasteiger partial charge in [0.15, 0.2) is 9.84 Å². The minimum atomic E-state index is -3.71. The van der Waals surface area contributed by atoms with Crippen molar-refractivity contribution < 1.29 is 13.2 Å². The highest BCUT2D eigenvalue weighted by Crippen LogP contribution is 2.22. The number of aryl methyl sites for hydroxylation is 1. The van der Waals surface area contributed by atoms with Gasteiger partial charge in [-0.1, -0.05) is 12.8 Å². The smallest absolute Gasteiger partial charge is 0.314 e. The van der Waals surface area contributed by atoms with E-state index in [0.29, 0.717) is 11.1 Å². The van der Waals surface area contributed by atoms with Crippen LogP contribution in [0.1, 0.15) is 37.7 Å². The molecule has 9 heteroatoms. The lowest BCUT2D eigenvalue weighted by atomic mass is 10.2. The zero-order chi connectivity index (χ0) is 18.9. The van der Waals surface area contributed by atoms with Crippen LogP contribution in [0.25, 0.3) is 11.0 Å². The van der Waals surface area contributed by atoms with Crippen LogP contribution in [0.5, 0.6) is 0 Å². The van der Waals surface area contributed by atoms with E-state index in [2.05, 4.69) is 15.3 Å².